The molecule has 0 radical (unpaired) electrons. The molecule has 2 fully saturated rings. The van der Waals surface area contributed by atoms with E-state index in [1.54, 1.807) is 7.11 Å². The van der Waals surface area contributed by atoms with Crippen LogP contribution in [0.25, 0.3) is 0 Å². The number of carbonyl (C=O) groups is 2. The Balaban J connectivity index is 1.16. The number of ketones is 1. The van der Waals surface area contributed by atoms with Crippen LogP contribution in [0.15, 0.2) is 12.1 Å². The lowest BCUT2D eigenvalue weighted by atomic mass is 9.51. The molecular weight excluding hydrogens is 450 g/mol. The number of benzene rings is 1. The summed E-state index contributed by atoms with van der Waals surface area (Å²) in [5.74, 6) is 2.36. The number of amides is 1. The van der Waals surface area contributed by atoms with Gasteiger partial charge in [-0.05, 0) is 43.2 Å². The topological polar surface area (TPSA) is 55.8 Å². The van der Waals surface area contributed by atoms with Gasteiger partial charge in [-0.1, -0.05) is 77.2 Å². The van der Waals surface area contributed by atoms with E-state index in [0.29, 0.717) is 24.7 Å². The van der Waals surface area contributed by atoms with Crippen molar-refractivity contribution < 1.29 is 19.1 Å². The molecule has 4 aliphatic rings. The fourth-order valence-electron chi connectivity index (χ4n) is 7.87. The first-order chi connectivity index (χ1) is 17.6. The van der Waals surface area contributed by atoms with E-state index in [-0.39, 0.29) is 17.2 Å². The van der Waals surface area contributed by atoms with E-state index in [0.717, 1.165) is 50.1 Å². The van der Waals surface area contributed by atoms with Gasteiger partial charge in [0, 0.05) is 31.0 Å². The highest BCUT2D eigenvalue weighted by Crippen LogP contribution is 2.63. The number of Topliss-reactive ketones (excluding diaryl/α,β-unsaturated/α-hetero) is 1. The van der Waals surface area contributed by atoms with Gasteiger partial charge in [0.15, 0.2) is 23.4 Å². The normalized spacial score (nSPS) is 27.6. The van der Waals surface area contributed by atoms with Gasteiger partial charge in [0.2, 0.25) is 5.91 Å². The fourth-order valence-corrected chi connectivity index (χ4v) is 7.87. The number of likely N-dealkylation sites (tertiary alicyclic amines) is 1. The van der Waals surface area contributed by atoms with Crippen LogP contribution >= 0.6 is 0 Å². The summed E-state index contributed by atoms with van der Waals surface area (Å²) in [7, 11) is 1.67. The van der Waals surface area contributed by atoms with Gasteiger partial charge in [0.1, 0.15) is 0 Å². The molecule has 1 amide bonds. The van der Waals surface area contributed by atoms with Gasteiger partial charge in [0.25, 0.3) is 0 Å². The number of piperidine rings is 1. The molecule has 36 heavy (non-hydrogen) atoms. The summed E-state index contributed by atoms with van der Waals surface area (Å²) < 4.78 is 12.0. The molecule has 1 saturated carbocycles. The van der Waals surface area contributed by atoms with Crippen molar-refractivity contribution in [2.24, 2.45) is 5.92 Å². The van der Waals surface area contributed by atoms with Crippen LogP contribution in [0, 0.1) is 5.92 Å². The number of carbonyl (C=O) groups excluding carboxylic acids is 2. The first-order valence-electron chi connectivity index (χ1n) is 14.8. The monoisotopic (exact) mass is 495 g/mol. The van der Waals surface area contributed by atoms with Crippen molar-refractivity contribution in [2.45, 2.75) is 127 Å². The molecular formula is C31H45NO4. The average molecular weight is 496 g/mol. The van der Waals surface area contributed by atoms with Crippen LogP contribution in [0.2, 0.25) is 0 Å². The van der Waals surface area contributed by atoms with E-state index in [1.807, 2.05) is 6.07 Å². The van der Waals surface area contributed by atoms with Crippen LogP contribution in [0.1, 0.15) is 114 Å². The minimum Gasteiger partial charge on any atom is -0.493 e. The van der Waals surface area contributed by atoms with Crippen LogP contribution in [0.4, 0.5) is 0 Å². The molecule has 1 spiro atoms. The number of hydrogen-bond acceptors (Lipinski definition) is 4. The Labute approximate surface area is 217 Å². The molecule has 2 aliphatic carbocycles. The Morgan fingerprint density at radius 3 is 2.44 bits per heavy atom. The highest BCUT2D eigenvalue weighted by molar-refractivity contribution is 5.89. The van der Waals surface area contributed by atoms with Gasteiger partial charge >= 0.3 is 0 Å². The second-order valence-corrected chi connectivity index (χ2v) is 11.7. The number of ether oxygens (including phenoxy) is 2. The molecule has 5 rings (SSSR count). The molecule has 1 aromatic rings. The second-order valence-electron chi connectivity index (χ2n) is 11.7. The van der Waals surface area contributed by atoms with Crippen LogP contribution < -0.4 is 9.47 Å². The van der Waals surface area contributed by atoms with Crippen molar-refractivity contribution in [1.82, 2.24) is 4.90 Å². The standard InChI is InChI=1S/C31H45NO4/c1-3-4-5-6-7-8-9-10-11-12-13-14-27(34)32-20-19-31-23-16-17-25(33)30(31)36-29-26(35-2)18-15-22(28(29)31)21-24(23)32/h15,18,23-24,30H,3-14,16-17,19-21H2,1-2H3/t23?,24?,30-,31?/m0/s1. The Kier molecular flexibility index (Phi) is 7.93. The van der Waals surface area contributed by atoms with Crippen LogP contribution in [0.3, 0.4) is 0 Å². The first kappa shape index (κ1) is 25.6. The molecule has 0 aromatic heterocycles. The maximum Gasteiger partial charge on any atom is 0.222 e. The van der Waals surface area contributed by atoms with Crippen molar-refractivity contribution in [2.75, 3.05) is 13.7 Å². The largest absolute Gasteiger partial charge is 0.493 e. The molecule has 2 heterocycles. The molecule has 5 nitrogen and oxygen atoms in total. The van der Waals surface area contributed by atoms with Gasteiger partial charge in [-0.3, -0.25) is 9.59 Å². The molecule has 0 N–H and O–H groups in total. The summed E-state index contributed by atoms with van der Waals surface area (Å²) in [5, 5.41) is 0. The summed E-state index contributed by atoms with van der Waals surface area (Å²) in [4.78, 5) is 28.6. The third-order valence-corrected chi connectivity index (χ3v) is 9.63. The quantitative estimate of drug-likeness (QED) is 0.292. The third kappa shape index (κ3) is 4.45. The smallest absolute Gasteiger partial charge is 0.222 e. The van der Waals surface area contributed by atoms with Crippen LogP contribution in [-0.2, 0) is 21.4 Å². The van der Waals surface area contributed by atoms with E-state index in [4.69, 9.17) is 9.47 Å². The number of methoxy groups -OCH3 is 1. The molecule has 1 aromatic carbocycles. The van der Waals surface area contributed by atoms with Gasteiger partial charge in [-0.25, -0.2) is 0 Å². The Bertz CT molecular complexity index is 958. The highest BCUT2D eigenvalue weighted by Gasteiger charge is 2.66. The lowest BCUT2D eigenvalue weighted by Gasteiger charge is -2.57. The van der Waals surface area contributed by atoms with E-state index in [1.165, 1.54) is 68.9 Å². The maximum absolute atomic E-state index is 13.4. The van der Waals surface area contributed by atoms with Gasteiger partial charge in [0.05, 0.1) is 12.5 Å². The molecule has 2 bridgehead atoms. The zero-order valence-corrected chi connectivity index (χ0v) is 22.5. The first-order valence-corrected chi connectivity index (χ1v) is 14.8. The SMILES string of the molecule is CCCCCCCCCCCCCC(=O)N1CCC23c4c5ccc(OC)c4O[C@H]2C(=O)CCC3C1C5. The van der Waals surface area contributed by atoms with Crippen molar-refractivity contribution in [3.8, 4) is 11.5 Å². The van der Waals surface area contributed by atoms with Crippen molar-refractivity contribution in [3.63, 3.8) is 0 Å². The minimum absolute atomic E-state index is 0.185. The van der Waals surface area contributed by atoms with E-state index in [2.05, 4.69) is 17.9 Å². The number of nitrogens with zero attached hydrogens (tertiary/aromatic N) is 1. The number of hydrogen-bond donors (Lipinski definition) is 0. The summed E-state index contributed by atoms with van der Waals surface area (Å²) in [6.45, 7) is 3.01. The number of rotatable bonds is 13. The average Bonchev–Trinajstić information content (AvgIpc) is 3.23. The highest BCUT2D eigenvalue weighted by atomic mass is 16.5. The van der Waals surface area contributed by atoms with Gasteiger partial charge in [-0.2, -0.15) is 0 Å². The summed E-state index contributed by atoms with van der Waals surface area (Å²) in [5.41, 5.74) is 2.19. The zero-order chi connectivity index (χ0) is 25.1. The fraction of sp³-hybridized carbons (Fsp3) is 0.742. The lowest BCUT2D eigenvalue weighted by molar-refractivity contribution is -0.148. The second kappa shape index (κ2) is 11.1. The predicted octanol–water partition coefficient (Wildman–Crippen LogP) is 6.53. The molecule has 1 saturated heterocycles. The van der Waals surface area contributed by atoms with Crippen LogP contribution in [-0.4, -0.2) is 42.4 Å². The zero-order valence-electron chi connectivity index (χ0n) is 22.5. The van der Waals surface area contributed by atoms with Crippen molar-refractivity contribution in [3.05, 3.63) is 23.3 Å². The summed E-state index contributed by atoms with van der Waals surface area (Å²) >= 11 is 0. The van der Waals surface area contributed by atoms with E-state index < -0.39 is 6.10 Å². The number of unbranched alkanes of at least 4 members (excludes halogenated alkanes) is 10. The maximum atomic E-state index is 13.4. The Hall–Kier alpha value is -2.04. The lowest BCUT2D eigenvalue weighted by Crippen LogP contribution is -2.66. The molecule has 3 unspecified atom stereocenters. The van der Waals surface area contributed by atoms with Gasteiger partial charge < -0.3 is 14.4 Å². The molecule has 4 atom stereocenters. The molecule has 2 aliphatic heterocycles. The predicted molar refractivity (Wildman–Crippen MR) is 142 cm³/mol. The van der Waals surface area contributed by atoms with Crippen molar-refractivity contribution >= 4 is 11.7 Å². The van der Waals surface area contributed by atoms with E-state index in [9.17, 15) is 9.59 Å². The third-order valence-electron chi connectivity index (χ3n) is 9.63. The van der Waals surface area contributed by atoms with E-state index >= 15 is 0 Å². The molecule has 198 valence electrons. The summed E-state index contributed by atoms with van der Waals surface area (Å²) in [6, 6.07) is 4.30. The molecule has 5 heteroatoms. The Morgan fingerprint density at radius 1 is 1.06 bits per heavy atom. The minimum atomic E-state index is -0.409. The van der Waals surface area contributed by atoms with Crippen LogP contribution in [0.5, 0.6) is 11.5 Å². The summed E-state index contributed by atoms with van der Waals surface area (Å²) in [6.07, 6.45) is 17.6. The van der Waals surface area contributed by atoms with Crippen molar-refractivity contribution in [1.29, 1.82) is 0 Å². The van der Waals surface area contributed by atoms with Gasteiger partial charge in [-0.15, -0.1) is 0 Å². The Morgan fingerprint density at radius 2 is 1.75 bits per heavy atom.